The smallest absolute Gasteiger partial charge is 0.261 e. The minimum Gasteiger partial charge on any atom is -0.486 e. The second-order valence-corrected chi connectivity index (χ2v) is 12.8. The Morgan fingerprint density at radius 1 is 0.868 bits per heavy atom. The second kappa shape index (κ2) is 11.3. The van der Waals surface area contributed by atoms with E-state index >= 15 is 0 Å². The van der Waals surface area contributed by atoms with Crippen molar-refractivity contribution < 1.29 is 31.1 Å². The maximum absolute atomic E-state index is 12.8. The lowest BCUT2D eigenvalue weighted by Gasteiger charge is -2.25. The van der Waals surface area contributed by atoms with E-state index in [1.165, 1.54) is 61.5 Å². The summed E-state index contributed by atoms with van der Waals surface area (Å²) in [6.07, 6.45) is 0. The zero-order valence-electron chi connectivity index (χ0n) is 20.0. The Morgan fingerprint density at radius 3 is 2.13 bits per heavy atom. The number of nitrogens with one attached hydrogen (secondary N) is 2. The average molecular weight is 601 g/mol. The Bertz CT molecular complexity index is 1540. The van der Waals surface area contributed by atoms with E-state index in [-0.39, 0.29) is 37.8 Å². The van der Waals surface area contributed by atoms with E-state index in [0.717, 1.165) is 4.31 Å². The van der Waals surface area contributed by atoms with Gasteiger partial charge in [0.1, 0.15) is 19.8 Å². The maximum Gasteiger partial charge on any atom is 0.261 e. The summed E-state index contributed by atoms with van der Waals surface area (Å²) < 4.78 is 65.4. The summed E-state index contributed by atoms with van der Waals surface area (Å²) in [5.74, 6) is 0.0166. The third kappa shape index (κ3) is 6.62. The molecule has 0 aliphatic carbocycles. The number of fused-ring (bicyclic) bond motifs is 1. The van der Waals surface area contributed by atoms with Crippen LogP contribution in [0.4, 0.5) is 17.1 Å². The number of rotatable bonds is 9. The molecule has 4 rings (SSSR count). The first-order valence-corrected chi connectivity index (χ1v) is 15.1. The third-order valence-corrected chi connectivity index (χ3v) is 8.94. The molecule has 1 aliphatic rings. The number of carbonyl (C=O) groups excluding carboxylic acids is 1. The van der Waals surface area contributed by atoms with Crippen LogP contribution < -0.4 is 23.8 Å². The lowest BCUT2D eigenvalue weighted by molar-refractivity contribution is -0.114. The molecule has 0 radical (unpaired) electrons. The van der Waals surface area contributed by atoms with Gasteiger partial charge >= 0.3 is 0 Å². The fourth-order valence-electron chi connectivity index (χ4n) is 3.57. The van der Waals surface area contributed by atoms with Crippen LogP contribution in [0, 0.1) is 0 Å². The number of hydrogen-bond donors (Lipinski definition) is 2. The summed E-state index contributed by atoms with van der Waals surface area (Å²) in [5, 5.41) is 3.13. The highest BCUT2D eigenvalue weighted by Gasteiger charge is 2.25. The lowest BCUT2D eigenvalue weighted by Crippen LogP contribution is -2.39. The van der Waals surface area contributed by atoms with Crippen LogP contribution in [0.15, 0.2) is 65.6 Å². The zero-order chi connectivity index (χ0) is 27.5. The van der Waals surface area contributed by atoms with Crippen molar-refractivity contribution >= 4 is 66.2 Å². The van der Waals surface area contributed by atoms with Crippen LogP contribution in [0.3, 0.4) is 0 Å². The van der Waals surface area contributed by atoms with E-state index in [9.17, 15) is 21.6 Å². The number of sulfonamides is 2. The van der Waals surface area contributed by atoms with Crippen molar-refractivity contribution in [1.29, 1.82) is 0 Å². The van der Waals surface area contributed by atoms with Gasteiger partial charge in [0, 0.05) is 21.8 Å². The van der Waals surface area contributed by atoms with E-state index in [0.29, 0.717) is 24.7 Å². The van der Waals surface area contributed by atoms with E-state index < -0.39 is 32.5 Å². The summed E-state index contributed by atoms with van der Waals surface area (Å²) in [6.45, 7) is 1.68. The Hall–Kier alpha value is -3.19. The lowest BCUT2D eigenvalue weighted by atomic mass is 10.2. The monoisotopic (exact) mass is 599 g/mol. The molecule has 1 aliphatic heterocycles. The van der Waals surface area contributed by atoms with Crippen LogP contribution in [0.25, 0.3) is 0 Å². The molecule has 0 bridgehead atoms. The molecule has 3 aromatic rings. The molecule has 10 nitrogen and oxygen atoms in total. The zero-order valence-corrected chi connectivity index (χ0v) is 23.1. The van der Waals surface area contributed by atoms with Gasteiger partial charge in [-0.05, 0) is 61.5 Å². The predicted octanol–water partition coefficient (Wildman–Crippen LogP) is 4.36. The van der Waals surface area contributed by atoms with E-state index in [1.807, 2.05) is 0 Å². The highest BCUT2D eigenvalue weighted by atomic mass is 35.5. The van der Waals surface area contributed by atoms with Gasteiger partial charge in [-0.1, -0.05) is 23.2 Å². The Kier molecular flexibility index (Phi) is 8.26. The molecule has 202 valence electrons. The van der Waals surface area contributed by atoms with Gasteiger partial charge in [0.05, 0.1) is 22.0 Å². The fourth-order valence-corrected chi connectivity index (χ4v) is 6.20. The van der Waals surface area contributed by atoms with Crippen molar-refractivity contribution in [2.45, 2.75) is 11.8 Å². The summed E-state index contributed by atoms with van der Waals surface area (Å²) in [6, 6.07) is 14.3. The molecule has 3 aromatic carbocycles. The molecule has 1 heterocycles. The minimum absolute atomic E-state index is 0.0712. The van der Waals surface area contributed by atoms with E-state index in [2.05, 4.69) is 10.0 Å². The molecule has 0 saturated carbocycles. The largest absolute Gasteiger partial charge is 0.486 e. The first-order valence-electron chi connectivity index (χ1n) is 11.3. The molecule has 0 atom stereocenters. The number of benzene rings is 3. The molecular formula is C24H23Cl2N3O7S2. The van der Waals surface area contributed by atoms with Gasteiger partial charge in [-0.25, -0.2) is 16.8 Å². The normalized spacial score (nSPS) is 13.0. The standard InChI is InChI=1S/C24H23Cl2N3O7S2/c1-2-37(31,32)29(20-5-8-22-23(14-20)36-10-9-35-22)15-24(30)27-18-3-6-21(7-4-18)38(33,34)28-19-12-16(25)11-17(26)13-19/h3-8,11-14,28H,2,9-10,15H2,1H3,(H,27,30). The van der Waals surface area contributed by atoms with E-state index in [4.69, 9.17) is 32.7 Å². The molecule has 0 aromatic heterocycles. The SMILES string of the molecule is CCS(=O)(=O)N(CC(=O)Nc1ccc(S(=O)(=O)Nc2cc(Cl)cc(Cl)c2)cc1)c1ccc2c(c1)OCCO2. The Morgan fingerprint density at radius 2 is 1.50 bits per heavy atom. The van der Waals surface area contributed by atoms with Gasteiger partial charge < -0.3 is 14.8 Å². The van der Waals surface area contributed by atoms with Crippen molar-refractivity contribution in [3.63, 3.8) is 0 Å². The number of nitrogens with zero attached hydrogens (tertiary/aromatic N) is 1. The van der Waals surface area contributed by atoms with Gasteiger partial charge in [-0.3, -0.25) is 13.8 Å². The van der Waals surface area contributed by atoms with Crippen LogP contribution in [-0.2, 0) is 24.8 Å². The van der Waals surface area contributed by atoms with Gasteiger partial charge in [0.15, 0.2) is 11.5 Å². The number of halogens is 2. The van der Waals surface area contributed by atoms with E-state index in [1.54, 1.807) is 6.07 Å². The highest BCUT2D eigenvalue weighted by molar-refractivity contribution is 7.93. The molecule has 14 heteroatoms. The summed E-state index contributed by atoms with van der Waals surface area (Å²) >= 11 is 11.9. The van der Waals surface area contributed by atoms with Crippen molar-refractivity contribution in [2.24, 2.45) is 0 Å². The first-order chi connectivity index (χ1) is 18.0. The molecule has 0 unspecified atom stereocenters. The second-order valence-electron chi connectivity index (χ2n) is 8.07. The maximum atomic E-state index is 12.8. The van der Waals surface area contributed by atoms with Gasteiger partial charge in [0.25, 0.3) is 10.0 Å². The molecular weight excluding hydrogens is 577 g/mol. The third-order valence-electron chi connectivity index (χ3n) is 5.36. The number of ether oxygens (including phenoxy) is 2. The first kappa shape index (κ1) is 27.8. The van der Waals surface area contributed by atoms with Gasteiger partial charge in [-0.2, -0.15) is 0 Å². The van der Waals surface area contributed by atoms with Crippen molar-refractivity contribution in [3.05, 3.63) is 70.7 Å². The number of anilines is 3. The summed E-state index contributed by atoms with van der Waals surface area (Å²) in [5.41, 5.74) is 0.715. The highest BCUT2D eigenvalue weighted by Crippen LogP contribution is 2.35. The molecule has 2 N–H and O–H groups in total. The molecule has 38 heavy (non-hydrogen) atoms. The minimum atomic E-state index is -3.97. The molecule has 1 amide bonds. The van der Waals surface area contributed by atoms with Gasteiger partial charge in [-0.15, -0.1) is 0 Å². The fraction of sp³-hybridized carbons (Fsp3) is 0.208. The van der Waals surface area contributed by atoms with Crippen LogP contribution in [0.2, 0.25) is 10.0 Å². The van der Waals surface area contributed by atoms with Crippen molar-refractivity contribution in [2.75, 3.05) is 39.9 Å². The van der Waals surface area contributed by atoms with Crippen LogP contribution >= 0.6 is 23.2 Å². The molecule has 0 spiro atoms. The predicted molar refractivity (Wildman–Crippen MR) is 147 cm³/mol. The quantitative estimate of drug-likeness (QED) is 0.373. The number of hydrogen-bond acceptors (Lipinski definition) is 7. The van der Waals surface area contributed by atoms with Crippen LogP contribution in [-0.4, -0.2) is 48.3 Å². The Labute approximate surface area is 230 Å². The molecule has 0 saturated heterocycles. The van der Waals surface area contributed by atoms with Crippen LogP contribution in [0.5, 0.6) is 11.5 Å². The van der Waals surface area contributed by atoms with Crippen LogP contribution in [0.1, 0.15) is 6.92 Å². The number of amides is 1. The average Bonchev–Trinajstić information content (AvgIpc) is 2.86. The number of carbonyl (C=O) groups is 1. The van der Waals surface area contributed by atoms with Gasteiger partial charge in [0.2, 0.25) is 15.9 Å². The van der Waals surface area contributed by atoms with Crippen molar-refractivity contribution in [1.82, 2.24) is 0 Å². The Balaban J connectivity index is 1.48. The topological polar surface area (TPSA) is 131 Å². The summed E-state index contributed by atoms with van der Waals surface area (Å²) in [7, 11) is -7.79. The molecule has 0 fully saturated rings. The summed E-state index contributed by atoms with van der Waals surface area (Å²) in [4.78, 5) is 12.7. The van der Waals surface area contributed by atoms with Crippen molar-refractivity contribution in [3.8, 4) is 11.5 Å².